The molecule has 0 aliphatic carbocycles. The Morgan fingerprint density at radius 3 is 2.35 bits per heavy atom. The van der Waals surface area contributed by atoms with E-state index in [1.54, 1.807) is 19.0 Å². The smallest absolute Gasteiger partial charge is 0.262 e. The van der Waals surface area contributed by atoms with E-state index in [2.05, 4.69) is 14.7 Å². The monoisotopic (exact) mass is 340 g/mol. The molecule has 0 aliphatic heterocycles. The molecular formula is C14H17FN4O3S. The lowest BCUT2D eigenvalue weighted by atomic mass is 10.2. The number of rotatable bonds is 5. The zero-order valence-corrected chi connectivity index (χ0v) is 14.0. The molecule has 0 spiro atoms. The highest BCUT2D eigenvalue weighted by Crippen LogP contribution is 2.27. The Morgan fingerprint density at radius 1 is 1.22 bits per heavy atom. The average Bonchev–Trinajstić information content (AvgIpc) is 2.49. The summed E-state index contributed by atoms with van der Waals surface area (Å²) in [6, 6.07) is 2.55. The molecule has 0 aliphatic rings. The Kier molecular flexibility index (Phi) is 4.69. The van der Waals surface area contributed by atoms with Crippen molar-refractivity contribution in [1.82, 2.24) is 9.97 Å². The van der Waals surface area contributed by atoms with Gasteiger partial charge in [-0.15, -0.1) is 0 Å². The molecule has 0 radical (unpaired) electrons. The minimum Gasteiger partial charge on any atom is -0.494 e. The number of anilines is 2. The first-order chi connectivity index (χ1) is 10.8. The molecule has 1 aromatic carbocycles. The van der Waals surface area contributed by atoms with Crippen LogP contribution >= 0.6 is 0 Å². The van der Waals surface area contributed by atoms with Crippen LogP contribution in [0, 0.1) is 12.7 Å². The summed E-state index contributed by atoms with van der Waals surface area (Å²) in [5.74, 6) is -0.283. The molecule has 1 heterocycles. The summed E-state index contributed by atoms with van der Waals surface area (Å²) in [5, 5.41) is 0. The van der Waals surface area contributed by atoms with Crippen molar-refractivity contribution in [2.75, 3.05) is 30.8 Å². The molecule has 2 rings (SSSR count). The second kappa shape index (κ2) is 6.37. The second-order valence-electron chi connectivity index (χ2n) is 4.98. The van der Waals surface area contributed by atoms with E-state index in [4.69, 9.17) is 4.74 Å². The fourth-order valence-corrected chi connectivity index (χ4v) is 3.17. The Bertz CT molecular complexity index is 808. The van der Waals surface area contributed by atoms with Crippen LogP contribution in [0.3, 0.4) is 0 Å². The Labute approximate surface area is 134 Å². The summed E-state index contributed by atoms with van der Waals surface area (Å²) < 4.78 is 46.0. The zero-order valence-electron chi connectivity index (χ0n) is 13.2. The third kappa shape index (κ3) is 3.50. The summed E-state index contributed by atoms with van der Waals surface area (Å²) in [4.78, 5) is 9.54. The van der Waals surface area contributed by atoms with Gasteiger partial charge in [-0.1, -0.05) is 0 Å². The van der Waals surface area contributed by atoms with Crippen molar-refractivity contribution in [2.24, 2.45) is 0 Å². The SMILES string of the molecule is COc1ccc(S(=O)(=O)Nc2cnc(N(C)C)nc2)c(C)c1F. The molecule has 0 saturated heterocycles. The van der Waals surface area contributed by atoms with Crippen molar-refractivity contribution in [1.29, 1.82) is 0 Å². The third-order valence-corrected chi connectivity index (χ3v) is 4.63. The van der Waals surface area contributed by atoms with Crippen molar-refractivity contribution in [2.45, 2.75) is 11.8 Å². The van der Waals surface area contributed by atoms with E-state index in [0.717, 1.165) is 0 Å². The van der Waals surface area contributed by atoms with E-state index in [9.17, 15) is 12.8 Å². The molecule has 0 bridgehead atoms. The van der Waals surface area contributed by atoms with Crippen LogP contribution in [0.15, 0.2) is 29.4 Å². The van der Waals surface area contributed by atoms with Gasteiger partial charge in [0, 0.05) is 19.7 Å². The molecule has 2 aromatic rings. The maximum absolute atomic E-state index is 14.0. The van der Waals surface area contributed by atoms with Gasteiger partial charge in [0.15, 0.2) is 11.6 Å². The lowest BCUT2D eigenvalue weighted by Gasteiger charge is -2.13. The molecule has 23 heavy (non-hydrogen) atoms. The first-order valence-corrected chi connectivity index (χ1v) is 8.10. The second-order valence-corrected chi connectivity index (χ2v) is 6.63. The summed E-state index contributed by atoms with van der Waals surface area (Å²) in [5.41, 5.74) is 0.161. The molecule has 0 saturated carbocycles. The third-order valence-electron chi connectivity index (χ3n) is 3.10. The first-order valence-electron chi connectivity index (χ1n) is 6.61. The van der Waals surface area contributed by atoms with E-state index >= 15 is 0 Å². The predicted octanol–water partition coefficient (Wildman–Crippen LogP) is 1.80. The number of methoxy groups -OCH3 is 1. The van der Waals surface area contributed by atoms with Gasteiger partial charge < -0.3 is 9.64 Å². The molecule has 1 N–H and O–H groups in total. The molecule has 0 fully saturated rings. The maximum atomic E-state index is 14.0. The molecule has 0 amide bonds. The van der Waals surface area contributed by atoms with Crippen LogP contribution < -0.4 is 14.4 Å². The van der Waals surface area contributed by atoms with Gasteiger partial charge in [-0.05, 0) is 19.1 Å². The van der Waals surface area contributed by atoms with E-state index in [1.807, 2.05) is 0 Å². The molecule has 9 heteroatoms. The number of ether oxygens (including phenoxy) is 1. The summed E-state index contributed by atoms with van der Waals surface area (Å²) in [7, 11) is 0.883. The topological polar surface area (TPSA) is 84.4 Å². The van der Waals surface area contributed by atoms with Crippen LogP contribution in [0.5, 0.6) is 5.75 Å². The highest BCUT2D eigenvalue weighted by atomic mass is 32.2. The first kappa shape index (κ1) is 16.9. The fourth-order valence-electron chi connectivity index (χ4n) is 1.91. The quantitative estimate of drug-likeness (QED) is 0.893. The van der Waals surface area contributed by atoms with Crippen LogP contribution in [0.25, 0.3) is 0 Å². The zero-order chi connectivity index (χ0) is 17.2. The normalized spacial score (nSPS) is 11.2. The molecular weight excluding hydrogens is 323 g/mol. The molecule has 0 unspecified atom stereocenters. The number of aromatic nitrogens is 2. The predicted molar refractivity (Wildman–Crippen MR) is 84.9 cm³/mol. The highest BCUT2D eigenvalue weighted by Gasteiger charge is 2.21. The van der Waals surface area contributed by atoms with Crippen molar-refractivity contribution in [3.63, 3.8) is 0 Å². The summed E-state index contributed by atoms with van der Waals surface area (Å²) >= 11 is 0. The highest BCUT2D eigenvalue weighted by molar-refractivity contribution is 7.92. The molecule has 124 valence electrons. The van der Waals surface area contributed by atoms with Gasteiger partial charge in [0.2, 0.25) is 5.95 Å². The Balaban J connectivity index is 2.34. The minimum absolute atomic E-state index is 0.0138. The van der Waals surface area contributed by atoms with Gasteiger partial charge in [0.25, 0.3) is 10.0 Å². The van der Waals surface area contributed by atoms with Crippen molar-refractivity contribution in [3.8, 4) is 5.75 Å². The van der Waals surface area contributed by atoms with Gasteiger partial charge in [-0.3, -0.25) is 4.72 Å². The van der Waals surface area contributed by atoms with Gasteiger partial charge in [0.05, 0.1) is 30.1 Å². The van der Waals surface area contributed by atoms with Crippen LogP contribution in [-0.4, -0.2) is 39.6 Å². The largest absolute Gasteiger partial charge is 0.494 e. The number of hydrogen-bond acceptors (Lipinski definition) is 6. The van der Waals surface area contributed by atoms with E-state index in [1.165, 1.54) is 38.6 Å². The number of benzene rings is 1. The Morgan fingerprint density at radius 2 is 1.83 bits per heavy atom. The van der Waals surface area contributed by atoms with Gasteiger partial charge in [-0.2, -0.15) is 0 Å². The summed E-state index contributed by atoms with van der Waals surface area (Å²) in [6.45, 7) is 1.37. The van der Waals surface area contributed by atoms with E-state index in [-0.39, 0.29) is 21.9 Å². The number of nitrogens with one attached hydrogen (secondary N) is 1. The molecule has 1 aromatic heterocycles. The molecule has 0 atom stereocenters. The number of nitrogens with zero attached hydrogens (tertiary/aromatic N) is 3. The maximum Gasteiger partial charge on any atom is 0.262 e. The Hall–Kier alpha value is -2.42. The van der Waals surface area contributed by atoms with Gasteiger partial charge >= 0.3 is 0 Å². The number of hydrogen-bond donors (Lipinski definition) is 1. The minimum atomic E-state index is -3.96. The van der Waals surface area contributed by atoms with E-state index < -0.39 is 15.8 Å². The molecule has 7 nitrogen and oxygen atoms in total. The average molecular weight is 340 g/mol. The summed E-state index contributed by atoms with van der Waals surface area (Å²) in [6.07, 6.45) is 2.68. The van der Waals surface area contributed by atoms with Crippen molar-refractivity contribution >= 4 is 21.7 Å². The van der Waals surface area contributed by atoms with Crippen LogP contribution in [0.2, 0.25) is 0 Å². The van der Waals surface area contributed by atoms with Crippen LogP contribution in [0.4, 0.5) is 16.0 Å². The standard InChI is InChI=1S/C14H17FN4O3S/c1-9-12(6-5-11(22-4)13(9)15)23(20,21)18-10-7-16-14(17-8-10)19(2)3/h5-8,18H,1-4H3. The lowest BCUT2D eigenvalue weighted by molar-refractivity contribution is 0.384. The van der Waals surface area contributed by atoms with Gasteiger partial charge in [-0.25, -0.2) is 22.8 Å². The van der Waals surface area contributed by atoms with Crippen LogP contribution in [0.1, 0.15) is 5.56 Å². The van der Waals surface area contributed by atoms with Crippen LogP contribution in [-0.2, 0) is 10.0 Å². The number of sulfonamides is 1. The van der Waals surface area contributed by atoms with Gasteiger partial charge in [0.1, 0.15) is 0 Å². The lowest BCUT2D eigenvalue weighted by Crippen LogP contribution is -2.17. The number of halogens is 1. The van der Waals surface area contributed by atoms with Crippen molar-refractivity contribution in [3.05, 3.63) is 35.9 Å². The van der Waals surface area contributed by atoms with E-state index in [0.29, 0.717) is 5.95 Å². The fraction of sp³-hybridized carbons (Fsp3) is 0.286. The van der Waals surface area contributed by atoms with Crippen molar-refractivity contribution < 1.29 is 17.5 Å².